The van der Waals surface area contributed by atoms with Crippen molar-refractivity contribution in [1.29, 1.82) is 0 Å². The van der Waals surface area contributed by atoms with E-state index < -0.39 is 0 Å². The van der Waals surface area contributed by atoms with Gasteiger partial charge in [-0.25, -0.2) is 0 Å². The van der Waals surface area contributed by atoms with Crippen molar-refractivity contribution in [2.24, 2.45) is 0 Å². The van der Waals surface area contributed by atoms with E-state index in [-0.39, 0.29) is 0 Å². The molecule has 0 atom stereocenters. The Kier molecular flexibility index (Phi) is 9.53. The number of furan rings is 1. The summed E-state index contributed by atoms with van der Waals surface area (Å²) in [5.41, 5.74) is 17.6. The second kappa shape index (κ2) is 16.7. The van der Waals surface area contributed by atoms with E-state index >= 15 is 0 Å². The zero-order valence-corrected chi connectivity index (χ0v) is 38.7. The summed E-state index contributed by atoms with van der Waals surface area (Å²) in [7, 11) is 0. The van der Waals surface area contributed by atoms with Crippen molar-refractivity contribution in [2.75, 3.05) is 4.90 Å². The smallest absolute Gasteiger partial charge is 0.143 e. The number of aromatic nitrogens is 1. The van der Waals surface area contributed by atoms with Gasteiger partial charge < -0.3 is 13.9 Å². The third-order valence-electron chi connectivity index (χ3n) is 14.4. The molecule has 0 spiro atoms. The number of anilines is 3. The monoisotopic (exact) mass is 904 g/mol. The molecule has 0 radical (unpaired) electrons. The first kappa shape index (κ1) is 40.6. The minimum Gasteiger partial charge on any atom is -0.455 e. The summed E-state index contributed by atoms with van der Waals surface area (Å²) in [5, 5.41) is 9.66. The topological polar surface area (TPSA) is 21.3 Å². The molecule has 14 aromatic rings. The SMILES string of the molecule is c1ccc(N(c2ccc(-c3ccc(-c4ccccc4-n4c5ccccc5c5ccccc54)cc3)cc2)c2ccccc2-c2cccc3c2oc2ccccc23)c(-c2cc3ccccc3c3ccccc23)c1. The number of nitrogens with zero attached hydrogens (tertiary/aromatic N) is 2. The first-order valence-electron chi connectivity index (χ1n) is 24.3. The fourth-order valence-corrected chi connectivity index (χ4v) is 11.2. The Morgan fingerprint density at radius 3 is 1.48 bits per heavy atom. The van der Waals surface area contributed by atoms with Gasteiger partial charge in [0.1, 0.15) is 11.2 Å². The van der Waals surface area contributed by atoms with Crippen LogP contribution in [0.5, 0.6) is 0 Å². The van der Waals surface area contributed by atoms with Gasteiger partial charge in [0, 0.05) is 49.5 Å². The lowest BCUT2D eigenvalue weighted by atomic mass is 9.91. The summed E-state index contributed by atoms with van der Waals surface area (Å²) in [5.74, 6) is 0. The second-order valence-electron chi connectivity index (χ2n) is 18.4. The van der Waals surface area contributed by atoms with Gasteiger partial charge in [-0.15, -0.1) is 0 Å². The van der Waals surface area contributed by atoms with Gasteiger partial charge in [0.25, 0.3) is 0 Å². The molecule has 0 N–H and O–H groups in total. The Balaban J connectivity index is 0.907. The maximum absolute atomic E-state index is 6.71. The fourth-order valence-electron chi connectivity index (χ4n) is 11.2. The molecule has 2 heterocycles. The maximum Gasteiger partial charge on any atom is 0.143 e. The molecule has 14 rings (SSSR count). The molecule has 0 fully saturated rings. The van der Waals surface area contributed by atoms with E-state index in [0.717, 1.165) is 72.5 Å². The van der Waals surface area contributed by atoms with Crippen LogP contribution in [0.25, 0.3) is 115 Å². The summed E-state index contributed by atoms with van der Waals surface area (Å²) in [6, 6.07) is 96.7. The van der Waals surface area contributed by atoms with E-state index in [1.807, 2.05) is 6.07 Å². The lowest BCUT2D eigenvalue weighted by molar-refractivity contribution is 0.670. The number of para-hydroxylation sites is 7. The van der Waals surface area contributed by atoms with Crippen molar-refractivity contribution in [3.05, 3.63) is 267 Å². The Bertz CT molecular complexity index is 4290. The largest absolute Gasteiger partial charge is 0.455 e. The summed E-state index contributed by atoms with van der Waals surface area (Å²) in [4.78, 5) is 2.44. The third kappa shape index (κ3) is 6.66. The molecule has 3 nitrogen and oxygen atoms in total. The molecule has 0 aliphatic rings. The van der Waals surface area contributed by atoms with Crippen molar-refractivity contribution < 1.29 is 4.42 Å². The van der Waals surface area contributed by atoms with Crippen LogP contribution in [0.1, 0.15) is 0 Å². The molecule has 71 heavy (non-hydrogen) atoms. The van der Waals surface area contributed by atoms with E-state index in [0.29, 0.717) is 0 Å². The number of fused-ring (bicyclic) bond motifs is 9. The average molecular weight is 905 g/mol. The Morgan fingerprint density at radius 2 is 0.775 bits per heavy atom. The molecule has 2 aromatic heterocycles. The van der Waals surface area contributed by atoms with Gasteiger partial charge in [-0.05, 0) is 98.4 Å². The van der Waals surface area contributed by atoms with Crippen LogP contribution in [0, 0.1) is 0 Å². The summed E-state index contributed by atoms with van der Waals surface area (Å²) in [6.45, 7) is 0. The van der Waals surface area contributed by atoms with Crippen LogP contribution in [-0.4, -0.2) is 4.57 Å². The lowest BCUT2D eigenvalue weighted by Gasteiger charge is -2.30. The highest BCUT2D eigenvalue weighted by molar-refractivity contribution is 6.16. The molecule has 0 bridgehead atoms. The number of hydrogen-bond acceptors (Lipinski definition) is 2. The molecule has 0 unspecified atom stereocenters. The van der Waals surface area contributed by atoms with Gasteiger partial charge in [0.15, 0.2) is 0 Å². The highest BCUT2D eigenvalue weighted by Gasteiger charge is 2.24. The Labute approximate surface area is 411 Å². The fraction of sp³-hybridized carbons (Fsp3) is 0. The van der Waals surface area contributed by atoms with E-state index in [1.165, 1.54) is 60.0 Å². The van der Waals surface area contributed by atoms with E-state index in [1.54, 1.807) is 0 Å². The highest BCUT2D eigenvalue weighted by Crippen LogP contribution is 2.48. The molecule has 0 saturated carbocycles. The van der Waals surface area contributed by atoms with Crippen LogP contribution in [-0.2, 0) is 0 Å². The summed E-state index contributed by atoms with van der Waals surface area (Å²) in [6.07, 6.45) is 0. The average Bonchev–Trinajstić information content (AvgIpc) is 4.00. The van der Waals surface area contributed by atoms with Gasteiger partial charge in [-0.1, -0.05) is 212 Å². The highest BCUT2D eigenvalue weighted by atomic mass is 16.3. The van der Waals surface area contributed by atoms with Crippen molar-refractivity contribution >= 4 is 82.4 Å². The van der Waals surface area contributed by atoms with Crippen molar-refractivity contribution in [1.82, 2.24) is 4.57 Å². The molecule has 12 aromatic carbocycles. The quantitative estimate of drug-likeness (QED) is 0.142. The van der Waals surface area contributed by atoms with E-state index in [4.69, 9.17) is 4.42 Å². The van der Waals surface area contributed by atoms with Gasteiger partial charge in [-0.2, -0.15) is 0 Å². The van der Waals surface area contributed by atoms with Gasteiger partial charge in [0.05, 0.1) is 28.1 Å². The van der Waals surface area contributed by atoms with Crippen LogP contribution in [0.2, 0.25) is 0 Å². The Hall–Kier alpha value is -9.44. The Morgan fingerprint density at radius 1 is 0.296 bits per heavy atom. The van der Waals surface area contributed by atoms with Crippen molar-refractivity contribution in [3.8, 4) is 50.2 Å². The van der Waals surface area contributed by atoms with Crippen molar-refractivity contribution in [3.63, 3.8) is 0 Å². The third-order valence-corrected chi connectivity index (χ3v) is 14.4. The minimum atomic E-state index is 0.881. The maximum atomic E-state index is 6.71. The van der Waals surface area contributed by atoms with Crippen LogP contribution < -0.4 is 4.90 Å². The molecule has 0 aliphatic heterocycles. The van der Waals surface area contributed by atoms with Crippen LogP contribution >= 0.6 is 0 Å². The zero-order chi connectivity index (χ0) is 46.8. The first-order chi connectivity index (χ1) is 35.2. The van der Waals surface area contributed by atoms with Gasteiger partial charge in [0.2, 0.25) is 0 Å². The van der Waals surface area contributed by atoms with Crippen molar-refractivity contribution in [2.45, 2.75) is 0 Å². The predicted molar refractivity (Wildman–Crippen MR) is 299 cm³/mol. The van der Waals surface area contributed by atoms with Gasteiger partial charge >= 0.3 is 0 Å². The van der Waals surface area contributed by atoms with Crippen LogP contribution in [0.3, 0.4) is 0 Å². The molecular weight excluding hydrogens is 861 g/mol. The molecular formula is C68H44N2O. The summed E-state index contributed by atoms with van der Waals surface area (Å²) < 4.78 is 9.12. The minimum absolute atomic E-state index is 0.881. The second-order valence-corrected chi connectivity index (χ2v) is 18.4. The number of rotatable bonds is 8. The molecule has 0 aliphatic carbocycles. The van der Waals surface area contributed by atoms with Crippen LogP contribution in [0.15, 0.2) is 271 Å². The van der Waals surface area contributed by atoms with Crippen LogP contribution in [0.4, 0.5) is 17.1 Å². The predicted octanol–water partition coefficient (Wildman–Crippen LogP) is 19.1. The number of hydrogen-bond donors (Lipinski definition) is 0. The van der Waals surface area contributed by atoms with Gasteiger partial charge in [-0.3, -0.25) is 0 Å². The molecule has 3 heteroatoms. The normalized spacial score (nSPS) is 11.7. The standard InChI is InChI=1S/C68H44N2O/c1-2-19-50-48(18-1)44-61(53-22-4-3-21-52(50)53)57-26-9-13-32-64(57)69(63-31-12-8-25-56(63)59-28-17-29-60-58-27-10-16-35-67(58)71-68(59)60)49-42-40-46(41-43-49)45-36-38-47(39-37-45)51-20-5-11-30-62(51)70-65-33-14-6-23-54(65)55-24-7-15-34-66(55)70/h1-44H. The zero-order valence-electron chi connectivity index (χ0n) is 38.7. The number of benzene rings is 12. The lowest BCUT2D eigenvalue weighted by Crippen LogP contribution is -2.12. The summed E-state index contributed by atoms with van der Waals surface area (Å²) >= 11 is 0. The molecule has 332 valence electrons. The molecule has 0 saturated heterocycles. The molecule has 0 amide bonds. The first-order valence-corrected chi connectivity index (χ1v) is 24.3. The van der Waals surface area contributed by atoms with E-state index in [9.17, 15) is 0 Å². The van der Waals surface area contributed by atoms with E-state index in [2.05, 4.69) is 270 Å².